The number of carbonyl (C=O) groups excluding carboxylic acids is 1. The Labute approximate surface area is 136 Å². The fourth-order valence-electron chi connectivity index (χ4n) is 1.81. The molecule has 0 bridgehead atoms. The molecule has 21 heavy (non-hydrogen) atoms. The summed E-state index contributed by atoms with van der Waals surface area (Å²) in [6.07, 6.45) is 1.14. The van der Waals surface area contributed by atoms with Crippen LogP contribution in [0.5, 0.6) is 0 Å². The van der Waals surface area contributed by atoms with E-state index in [4.69, 9.17) is 0 Å². The van der Waals surface area contributed by atoms with Crippen molar-refractivity contribution in [2.75, 3.05) is 13.3 Å². The van der Waals surface area contributed by atoms with Crippen molar-refractivity contribution in [3.63, 3.8) is 0 Å². The minimum Gasteiger partial charge on any atom is -0.337 e. The maximum absolute atomic E-state index is 12.3. The van der Waals surface area contributed by atoms with Crippen LogP contribution in [0, 0.1) is 0 Å². The van der Waals surface area contributed by atoms with Crippen LogP contribution in [0.1, 0.15) is 15.2 Å². The summed E-state index contributed by atoms with van der Waals surface area (Å²) in [5, 5.41) is 1.97. The third kappa shape index (κ3) is 4.15. The molecule has 1 aromatic carbocycles. The highest BCUT2D eigenvalue weighted by Gasteiger charge is 2.14. The van der Waals surface area contributed by atoms with Gasteiger partial charge in [-0.05, 0) is 46.3 Å². The molecule has 0 radical (unpaired) electrons. The predicted octanol–water partition coefficient (Wildman–Crippen LogP) is 3.19. The first-order valence-electron chi connectivity index (χ1n) is 6.06. The summed E-state index contributed by atoms with van der Waals surface area (Å²) in [5.74, 6) is -0.139. The van der Waals surface area contributed by atoms with Crippen molar-refractivity contribution in [1.82, 2.24) is 4.90 Å². The monoisotopic (exact) mass is 387 g/mol. The van der Waals surface area contributed by atoms with E-state index in [0.717, 1.165) is 15.6 Å². The quantitative estimate of drug-likeness (QED) is 0.809. The van der Waals surface area contributed by atoms with Gasteiger partial charge in [0.05, 0.1) is 11.4 Å². The third-order valence-electron chi connectivity index (χ3n) is 2.89. The molecule has 112 valence electrons. The van der Waals surface area contributed by atoms with Gasteiger partial charge in [0.2, 0.25) is 0 Å². The van der Waals surface area contributed by atoms with E-state index in [-0.39, 0.29) is 10.8 Å². The van der Waals surface area contributed by atoms with Crippen molar-refractivity contribution < 1.29 is 13.2 Å². The van der Waals surface area contributed by atoms with Gasteiger partial charge in [0.1, 0.15) is 0 Å². The van der Waals surface area contributed by atoms with Gasteiger partial charge in [-0.25, -0.2) is 8.42 Å². The predicted molar refractivity (Wildman–Crippen MR) is 87.4 cm³/mol. The zero-order chi connectivity index (χ0) is 15.6. The number of sulfone groups is 1. The van der Waals surface area contributed by atoms with Gasteiger partial charge in [0.25, 0.3) is 5.91 Å². The summed E-state index contributed by atoms with van der Waals surface area (Å²) in [4.78, 5) is 15.2. The van der Waals surface area contributed by atoms with Crippen molar-refractivity contribution in [3.8, 4) is 0 Å². The van der Waals surface area contributed by atoms with Crippen LogP contribution < -0.4 is 0 Å². The van der Waals surface area contributed by atoms with Gasteiger partial charge in [-0.15, -0.1) is 11.3 Å². The van der Waals surface area contributed by atoms with Crippen LogP contribution in [0.25, 0.3) is 0 Å². The van der Waals surface area contributed by atoms with Crippen molar-refractivity contribution in [1.29, 1.82) is 0 Å². The van der Waals surface area contributed by atoms with Crippen LogP contribution in [-0.4, -0.2) is 32.5 Å². The normalized spacial score (nSPS) is 11.4. The zero-order valence-corrected chi connectivity index (χ0v) is 14.8. The number of halogens is 1. The molecule has 0 saturated carbocycles. The number of hydrogen-bond acceptors (Lipinski definition) is 4. The minimum atomic E-state index is -3.24. The summed E-state index contributed by atoms with van der Waals surface area (Å²) >= 11 is 4.96. The summed E-state index contributed by atoms with van der Waals surface area (Å²) in [7, 11) is -1.52. The maximum atomic E-state index is 12.3. The Hall–Kier alpha value is -1.18. The van der Waals surface area contributed by atoms with E-state index in [2.05, 4.69) is 15.9 Å². The molecule has 4 nitrogen and oxygen atoms in total. The summed E-state index contributed by atoms with van der Waals surface area (Å²) < 4.78 is 23.8. The highest BCUT2D eigenvalue weighted by atomic mass is 79.9. The smallest absolute Gasteiger partial charge is 0.253 e. The number of amides is 1. The molecule has 7 heteroatoms. The second kappa shape index (κ2) is 6.29. The van der Waals surface area contributed by atoms with Gasteiger partial charge in [-0.1, -0.05) is 0 Å². The Morgan fingerprint density at radius 2 is 1.90 bits per heavy atom. The minimum absolute atomic E-state index is 0.139. The molecule has 0 aliphatic rings. The van der Waals surface area contributed by atoms with Crippen LogP contribution in [0.15, 0.2) is 45.1 Å². The lowest BCUT2D eigenvalue weighted by molar-refractivity contribution is 0.0786. The number of carbonyl (C=O) groups is 1. The van der Waals surface area contributed by atoms with E-state index in [1.165, 1.54) is 12.1 Å². The van der Waals surface area contributed by atoms with Crippen LogP contribution >= 0.6 is 27.3 Å². The Morgan fingerprint density at radius 3 is 2.38 bits per heavy atom. The summed E-state index contributed by atoms with van der Waals surface area (Å²) in [5.41, 5.74) is 0.473. The maximum Gasteiger partial charge on any atom is 0.253 e. The van der Waals surface area contributed by atoms with Crippen LogP contribution in [0.3, 0.4) is 0 Å². The second-order valence-electron chi connectivity index (χ2n) is 4.69. The van der Waals surface area contributed by atoms with E-state index < -0.39 is 9.84 Å². The third-order valence-corrected chi connectivity index (χ3v) is 5.70. The molecule has 0 unspecified atom stereocenters. The highest BCUT2D eigenvalue weighted by molar-refractivity contribution is 9.10. The van der Waals surface area contributed by atoms with Crippen molar-refractivity contribution in [3.05, 3.63) is 50.6 Å². The molecule has 1 aromatic heterocycles. The van der Waals surface area contributed by atoms with Gasteiger partial charge in [-0.3, -0.25) is 4.79 Å². The molecule has 2 rings (SSSR count). The molecular formula is C14H14BrNO3S2. The van der Waals surface area contributed by atoms with Gasteiger partial charge in [-0.2, -0.15) is 0 Å². The number of benzene rings is 1. The van der Waals surface area contributed by atoms with Crippen molar-refractivity contribution in [2.24, 2.45) is 0 Å². The lowest BCUT2D eigenvalue weighted by atomic mass is 10.2. The average Bonchev–Trinajstić information content (AvgIpc) is 2.82. The van der Waals surface area contributed by atoms with E-state index in [0.29, 0.717) is 12.1 Å². The Bertz CT molecular complexity index is 751. The highest BCUT2D eigenvalue weighted by Crippen LogP contribution is 2.21. The van der Waals surface area contributed by atoms with Crippen molar-refractivity contribution >= 4 is 43.0 Å². The molecule has 0 fully saturated rings. The number of rotatable bonds is 4. The molecule has 0 atom stereocenters. The molecule has 0 N–H and O–H groups in total. The molecular weight excluding hydrogens is 374 g/mol. The topological polar surface area (TPSA) is 54.5 Å². The van der Waals surface area contributed by atoms with Gasteiger partial charge < -0.3 is 4.90 Å². The number of thiophene rings is 1. The lowest BCUT2D eigenvalue weighted by Gasteiger charge is -2.16. The molecule has 0 aliphatic heterocycles. The Balaban J connectivity index is 2.12. The molecule has 0 aliphatic carbocycles. The largest absolute Gasteiger partial charge is 0.337 e. The zero-order valence-electron chi connectivity index (χ0n) is 11.5. The standard InChI is InChI=1S/C14H14BrNO3S2/c1-16(8-12-7-11(15)9-20-12)14(17)10-3-5-13(6-4-10)21(2,18)19/h3-7,9H,8H2,1-2H3. The van der Waals surface area contributed by atoms with Crippen molar-refractivity contribution in [2.45, 2.75) is 11.4 Å². The summed E-state index contributed by atoms with van der Waals surface area (Å²) in [6, 6.07) is 7.97. The fourth-order valence-corrected chi connectivity index (χ4v) is 3.94. The van der Waals surface area contributed by atoms with Crippen LogP contribution in [0.4, 0.5) is 0 Å². The summed E-state index contributed by atoms with van der Waals surface area (Å²) in [6.45, 7) is 0.517. The lowest BCUT2D eigenvalue weighted by Crippen LogP contribution is -2.25. The fraction of sp³-hybridized carbons (Fsp3) is 0.214. The van der Waals surface area contributed by atoms with E-state index in [1.54, 1.807) is 35.4 Å². The van der Waals surface area contributed by atoms with Gasteiger partial charge >= 0.3 is 0 Å². The molecule has 0 saturated heterocycles. The first-order chi connectivity index (χ1) is 9.77. The van der Waals surface area contributed by atoms with E-state index in [9.17, 15) is 13.2 Å². The van der Waals surface area contributed by atoms with E-state index >= 15 is 0 Å². The SMILES string of the molecule is CN(Cc1cc(Br)cs1)C(=O)c1ccc(S(C)(=O)=O)cc1. The van der Waals surface area contributed by atoms with Gasteiger partial charge in [0, 0.05) is 33.6 Å². The first kappa shape index (κ1) is 16.2. The molecule has 1 amide bonds. The van der Waals surface area contributed by atoms with Crippen LogP contribution in [-0.2, 0) is 16.4 Å². The number of hydrogen-bond donors (Lipinski definition) is 0. The molecule has 0 spiro atoms. The average molecular weight is 388 g/mol. The van der Waals surface area contributed by atoms with Crippen LogP contribution in [0.2, 0.25) is 0 Å². The molecule has 2 aromatic rings. The first-order valence-corrected chi connectivity index (χ1v) is 9.62. The van der Waals surface area contributed by atoms with E-state index in [1.807, 2.05) is 11.4 Å². The Morgan fingerprint density at radius 1 is 1.29 bits per heavy atom. The van der Waals surface area contributed by atoms with Gasteiger partial charge in [0.15, 0.2) is 9.84 Å². The second-order valence-corrected chi connectivity index (χ2v) is 8.62. The Kier molecular flexibility index (Phi) is 4.85. The molecule has 1 heterocycles. The number of nitrogens with zero attached hydrogens (tertiary/aromatic N) is 1.